The number of ether oxygens (including phenoxy) is 1. The first-order chi connectivity index (χ1) is 9.04. The fourth-order valence-electron chi connectivity index (χ4n) is 1.28. The SMILES string of the molecule is COCC(NC(=O)CSc1ccccc1F)C(=O)O. The predicted molar refractivity (Wildman–Crippen MR) is 68.6 cm³/mol. The third kappa shape index (κ3) is 5.27. The van der Waals surface area contributed by atoms with E-state index in [-0.39, 0.29) is 12.4 Å². The topological polar surface area (TPSA) is 75.6 Å². The standard InChI is InChI=1S/C12H14FNO4S/c1-18-6-9(12(16)17)14-11(15)7-19-10-5-3-2-4-8(10)13/h2-5,9H,6-7H2,1H3,(H,14,15)(H,16,17). The number of rotatable bonds is 7. The van der Waals surface area contributed by atoms with Gasteiger partial charge in [-0.15, -0.1) is 11.8 Å². The molecule has 0 aliphatic heterocycles. The van der Waals surface area contributed by atoms with Gasteiger partial charge < -0.3 is 15.2 Å². The Morgan fingerprint density at radius 1 is 1.47 bits per heavy atom. The minimum absolute atomic E-state index is 0.0611. The third-order valence-corrected chi connectivity index (χ3v) is 3.21. The van der Waals surface area contributed by atoms with Crippen LogP contribution in [0.5, 0.6) is 0 Å². The second-order valence-corrected chi connectivity index (χ2v) is 4.65. The highest BCUT2D eigenvalue weighted by Crippen LogP contribution is 2.20. The Morgan fingerprint density at radius 2 is 2.16 bits per heavy atom. The van der Waals surface area contributed by atoms with Crippen molar-refractivity contribution in [3.8, 4) is 0 Å². The quantitative estimate of drug-likeness (QED) is 0.735. The largest absolute Gasteiger partial charge is 0.480 e. The molecular formula is C12H14FNO4S. The maximum absolute atomic E-state index is 13.3. The highest BCUT2D eigenvalue weighted by Gasteiger charge is 2.19. The van der Waals surface area contributed by atoms with Crippen LogP contribution in [0.2, 0.25) is 0 Å². The summed E-state index contributed by atoms with van der Waals surface area (Å²) in [6, 6.07) is 4.97. The highest BCUT2D eigenvalue weighted by molar-refractivity contribution is 8.00. The smallest absolute Gasteiger partial charge is 0.328 e. The molecule has 1 amide bonds. The summed E-state index contributed by atoms with van der Waals surface area (Å²) in [5, 5.41) is 11.1. The van der Waals surface area contributed by atoms with E-state index < -0.39 is 23.7 Å². The van der Waals surface area contributed by atoms with Crippen molar-refractivity contribution < 1.29 is 23.8 Å². The lowest BCUT2D eigenvalue weighted by molar-refractivity contribution is -0.142. The molecule has 1 aromatic rings. The van der Waals surface area contributed by atoms with E-state index in [9.17, 15) is 14.0 Å². The lowest BCUT2D eigenvalue weighted by Gasteiger charge is -2.13. The van der Waals surface area contributed by atoms with Gasteiger partial charge in [0, 0.05) is 12.0 Å². The molecule has 1 rings (SSSR count). The third-order valence-electron chi connectivity index (χ3n) is 2.16. The normalized spacial score (nSPS) is 11.9. The van der Waals surface area contributed by atoms with Crippen molar-refractivity contribution in [1.29, 1.82) is 0 Å². The number of halogens is 1. The molecule has 1 aromatic carbocycles. The van der Waals surface area contributed by atoms with E-state index >= 15 is 0 Å². The molecule has 0 bridgehead atoms. The number of hydrogen-bond acceptors (Lipinski definition) is 4. The van der Waals surface area contributed by atoms with Crippen molar-refractivity contribution in [1.82, 2.24) is 5.32 Å². The Kier molecular flexibility index (Phi) is 6.31. The van der Waals surface area contributed by atoms with Crippen molar-refractivity contribution in [2.75, 3.05) is 19.5 Å². The average molecular weight is 287 g/mol. The van der Waals surface area contributed by atoms with Gasteiger partial charge >= 0.3 is 5.97 Å². The number of carboxylic acids is 1. The van der Waals surface area contributed by atoms with E-state index in [0.717, 1.165) is 11.8 Å². The number of methoxy groups -OCH3 is 1. The molecule has 104 valence electrons. The van der Waals surface area contributed by atoms with Gasteiger partial charge in [0.2, 0.25) is 5.91 Å². The molecule has 7 heteroatoms. The van der Waals surface area contributed by atoms with Gasteiger partial charge in [0.25, 0.3) is 0 Å². The first kappa shape index (κ1) is 15.5. The van der Waals surface area contributed by atoms with Gasteiger partial charge in [0.05, 0.1) is 12.4 Å². The maximum Gasteiger partial charge on any atom is 0.328 e. The van der Waals surface area contributed by atoms with Crippen LogP contribution in [0.25, 0.3) is 0 Å². The van der Waals surface area contributed by atoms with E-state index in [2.05, 4.69) is 10.1 Å². The Hall–Kier alpha value is -1.60. The number of thioether (sulfide) groups is 1. The van der Waals surface area contributed by atoms with Crippen LogP contribution in [0, 0.1) is 5.82 Å². The summed E-state index contributed by atoms with van der Waals surface area (Å²) in [4.78, 5) is 22.7. The zero-order valence-corrected chi connectivity index (χ0v) is 11.1. The maximum atomic E-state index is 13.3. The van der Waals surface area contributed by atoms with Crippen LogP contribution in [-0.2, 0) is 14.3 Å². The summed E-state index contributed by atoms with van der Waals surface area (Å²) in [6.45, 7) is -0.120. The van der Waals surface area contributed by atoms with E-state index in [1.165, 1.54) is 13.2 Å². The molecule has 0 aliphatic carbocycles. The van der Waals surface area contributed by atoms with E-state index in [1.807, 2.05) is 0 Å². The lowest BCUT2D eigenvalue weighted by Crippen LogP contribution is -2.44. The molecule has 19 heavy (non-hydrogen) atoms. The van der Waals surface area contributed by atoms with Crippen LogP contribution in [0.4, 0.5) is 4.39 Å². The van der Waals surface area contributed by atoms with Crippen LogP contribution in [0.1, 0.15) is 0 Å². The molecule has 0 aromatic heterocycles. The Bertz CT molecular complexity index is 455. The second kappa shape index (κ2) is 7.75. The van der Waals surface area contributed by atoms with Crippen molar-refractivity contribution in [3.63, 3.8) is 0 Å². The van der Waals surface area contributed by atoms with Crippen molar-refractivity contribution >= 4 is 23.6 Å². The molecule has 1 unspecified atom stereocenters. The van der Waals surface area contributed by atoms with E-state index in [4.69, 9.17) is 5.11 Å². The van der Waals surface area contributed by atoms with E-state index in [1.54, 1.807) is 18.2 Å². The van der Waals surface area contributed by atoms with Crippen LogP contribution < -0.4 is 5.32 Å². The van der Waals surface area contributed by atoms with Crippen molar-refractivity contribution in [2.45, 2.75) is 10.9 Å². The fourth-order valence-corrected chi connectivity index (χ4v) is 2.03. The Morgan fingerprint density at radius 3 is 2.74 bits per heavy atom. The Balaban J connectivity index is 2.47. The number of hydrogen-bond donors (Lipinski definition) is 2. The number of aliphatic carboxylic acids is 1. The van der Waals surface area contributed by atoms with Gasteiger partial charge in [0.15, 0.2) is 6.04 Å². The fraction of sp³-hybridized carbons (Fsp3) is 0.333. The first-order valence-electron chi connectivity index (χ1n) is 5.43. The molecule has 5 nitrogen and oxygen atoms in total. The Labute approximate surface area is 114 Å². The molecule has 0 aliphatic rings. The monoisotopic (exact) mass is 287 g/mol. The van der Waals surface area contributed by atoms with Gasteiger partial charge in [-0.3, -0.25) is 4.79 Å². The molecule has 0 spiro atoms. The predicted octanol–water partition coefficient (Wildman–Crippen LogP) is 1.13. The number of benzene rings is 1. The molecule has 2 N–H and O–H groups in total. The number of nitrogens with one attached hydrogen (secondary N) is 1. The van der Waals surface area contributed by atoms with Gasteiger partial charge in [-0.25, -0.2) is 9.18 Å². The van der Waals surface area contributed by atoms with E-state index in [0.29, 0.717) is 4.90 Å². The van der Waals surface area contributed by atoms with Crippen LogP contribution in [0.3, 0.4) is 0 Å². The lowest BCUT2D eigenvalue weighted by atomic mass is 10.3. The molecule has 0 saturated carbocycles. The second-order valence-electron chi connectivity index (χ2n) is 3.63. The van der Waals surface area contributed by atoms with Gasteiger partial charge in [-0.2, -0.15) is 0 Å². The number of carbonyl (C=O) groups is 2. The summed E-state index contributed by atoms with van der Waals surface area (Å²) < 4.78 is 18.0. The number of amides is 1. The molecule has 0 heterocycles. The van der Waals surface area contributed by atoms with Crippen molar-refractivity contribution in [3.05, 3.63) is 30.1 Å². The highest BCUT2D eigenvalue weighted by atomic mass is 32.2. The first-order valence-corrected chi connectivity index (χ1v) is 6.41. The molecular weight excluding hydrogens is 273 g/mol. The number of carboxylic acid groups (broad SMARTS) is 1. The zero-order chi connectivity index (χ0) is 14.3. The van der Waals surface area contributed by atoms with Gasteiger partial charge in [0.1, 0.15) is 5.82 Å². The number of carbonyl (C=O) groups excluding carboxylic acids is 1. The summed E-state index contributed by atoms with van der Waals surface area (Å²) in [5.41, 5.74) is 0. The summed E-state index contributed by atoms with van der Waals surface area (Å²) in [6.07, 6.45) is 0. The molecule has 1 atom stereocenters. The van der Waals surface area contributed by atoms with Crippen LogP contribution in [-0.4, -0.2) is 42.5 Å². The molecule has 0 radical (unpaired) electrons. The molecule has 0 saturated heterocycles. The molecule has 0 fully saturated rings. The zero-order valence-electron chi connectivity index (χ0n) is 10.3. The summed E-state index contributed by atoms with van der Waals surface area (Å²) in [5.74, 6) is -2.13. The van der Waals surface area contributed by atoms with Crippen LogP contribution >= 0.6 is 11.8 Å². The minimum Gasteiger partial charge on any atom is -0.480 e. The summed E-state index contributed by atoms with van der Waals surface area (Å²) >= 11 is 1.01. The van der Waals surface area contributed by atoms with Gasteiger partial charge in [-0.05, 0) is 12.1 Å². The van der Waals surface area contributed by atoms with Gasteiger partial charge in [-0.1, -0.05) is 12.1 Å². The van der Waals surface area contributed by atoms with Crippen molar-refractivity contribution in [2.24, 2.45) is 0 Å². The average Bonchev–Trinajstić information content (AvgIpc) is 2.37. The summed E-state index contributed by atoms with van der Waals surface area (Å²) in [7, 11) is 1.34. The van der Waals surface area contributed by atoms with Crippen LogP contribution in [0.15, 0.2) is 29.2 Å². The minimum atomic E-state index is -1.17.